The number of phenolic OH excluding ortho intramolecular Hbond substituents is 1. The van der Waals surface area contributed by atoms with E-state index in [1.165, 1.54) is 11.8 Å². The van der Waals surface area contributed by atoms with Crippen LogP contribution in [0.2, 0.25) is 5.02 Å². The molecule has 0 bridgehead atoms. The van der Waals surface area contributed by atoms with Crippen LogP contribution in [0.4, 0.5) is 5.69 Å². The topological polar surface area (TPSA) is 91.8 Å². The van der Waals surface area contributed by atoms with E-state index in [2.05, 4.69) is 22.4 Å². The number of aromatic nitrogens is 1. The molecule has 7 nitrogen and oxygen atoms in total. The highest BCUT2D eigenvalue weighted by Gasteiger charge is 2.51. The number of likely N-dealkylation sites (tertiary alicyclic amines) is 1. The molecule has 0 atom stereocenters. The van der Waals surface area contributed by atoms with Crippen LogP contribution in [0.3, 0.4) is 0 Å². The zero-order valence-electron chi connectivity index (χ0n) is 20.7. The maximum absolute atomic E-state index is 13.1. The number of benzene rings is 2. The molecule has 2 amide bonds. The Morgan fingerprint density at radius 2 is 1.78 bits per heavy atom. The number of hydrogen-bond donors (Lipinski definition) is 2. The number of piperidine rings is 1. The van der Waals surface area contributed by atoms with Gasteiger partial charge in [-0.3, -0.25) is 9.59 Å². The number of carbonyl (C=O) groups is 2. The third-order valence-corrected chi connectivity index (χ3v) is 7.56. The molecule has 1 aliphatic heterocycles. The first-order valence-corrected chi connectivity index (χ1v) is 13.1. The Hall–Kier alpha value is -3.58. The third-order valence-electron chi connectivity index (χ3n) is 7.36. The van der Waals surface area contributed by atoms with E-state index in [4.69, 9.17) is 16.3 Å². The van der Waals surface area contributed by atoms with Crippen LogP contribution in [0.5, 0.6) is 11.6 Å². The molecule has 0 spiro atoms. The van der Waals surface area contributed by atoms with Crippen molar-refractivity contribution in [3.05, 3.63) is 82.5 Å². The lowest BCUT2D eigenvalue weighted by Gasteiger charge is -2.32. The van der Waals surface area contributed by atoms with E-state index in [1.54, 1.807) is 18.2 Å². The van der Waals surface area contributed by atoms with Crippen molar-refractivity contribution in [2.45, 2.75) is 43.9 Å². The number of halogens is 1. The quantitative estimate of drug-likeness (QED) is 0.428. The highest BCUT2D eigenvalue weighted by atomic mass is 35.5. The molecule has 2 heterocycles. The number of nitrogens with one attached hydrogen (secondary N) is 1. The third kappa shape index (κ3) is 5.27. The van der Waals surface area contributed by atoms with E-state index in [-0.39, 0.29) is 17.6 Å². The second kappa shape index (κ2) is 10.4. The van der Waals surface area contributed by atoms with Crippen LogP contribution in [0.1, 0.15) is 60.0 Å². The number of hydrogen-bond acceptors (Lipinski definition) is 5. The molecule has 37 heavy (non-hydrogen) atoms. The van der Waals surface area contributed by atoms with Crippen LogP contribution in [0, 0.1) is 0 Å². The lowest BCUT2D eigenvalue weighted by Crippen LogP contribution is -2.38. The fourth-order valence-corrected chi connectivity index (χ4v) is 5.22. The van der Waals surface area contributed by atoms with E-state index >= 15 is 0 Å². The Labute approximate surface area is 221 Å². The lowest BCUT2D eigenvalue weighted by atomic mass is 9.89. The van der Waals surface area contributed by atoms with Crippen molar-refractivity contribution in [2.24, 2.45) is 0 Å². The first kappa shape index (κ1) is 25.1. The molecule has 2 N–H and O–H groups in total. The van der Waals surface area contributed by atoms with E-state index in [1.807, 2.05) is 36.1 Å². The van der Waals surface area contributed by atoms with Gasteiger partial charge in [0.1, 0.15) is 11.3 Å². The molecule has 192 valence electrons. The predicted molar refractivity (Wildman–Crippen MR) is 142 cm³/mol. The summed E-state index contributed by atoms with van der Waals surface area (Å²) >= 11 is 6.09. The normalized spacial score (nSPS) is 16.8. The highest BCUT2D eigenvalue weighted by molar-refractivity contribution is 6.30. The number of aromatic hydroxyl groups is 1. The summed E-state index contributed by atoms with van der Waals surface area (Å²) in [7, 11) is 0. The molecule has 3 aromatic rings. The molecular weight excluding hydrogens is 490 g/mol. The molecule has 1 saturated heterocycles. The summed E-state index contributed by atoms with van der Waals surface area (Å²) < 4.78 is 5.53. The van der Waals surface area contributed by atoms with Crippen molar-refractivity contribution in [1.82, 2.24) is 9.88 Å². The predicted octanol–water partition coefficient (Wildman–Crippen LogP) is 5.53. The number of amides is 2. The first-order valence-electron chi connectivity index (χ1n) is 12.7. The van der Waals surface area contributed by atoms with Crippen LogP contribution in [0.15, 0.2) is 60.8 Å². The molecule has 2 fully saturated rings. The molecule has 2 aromatic carbocycles. The Morgan fingerprint density at radius 3 is 2.41 bits per heavy atom. The summed E-state index contributed by atoms with van der Waals surface area (Å²) in [5.41, 5.74) is 2.79. The maximum Gasteiger partial charge on any atom is 0.259 e. The molecule has 2 aliphatic rings. The average Bonchev–Trinajstić information content (AvgIpc) is 3.73. The zero-order chi connectivity index (χ0) is 26.0. The molecule has 8 heteroatoms. The number of pyridine rings is 1. The van der Waals surface area contributed by atoms with Crippen LogP contribution in [-0.2, 0) is 10.2 Å². The highest BCUT2D eigenvalue weighted by Crippen LogP contribution is 2.49. The van der Waals surface area contributed by atoms with Crippen LogP contribution >= 0.6 is 11.6 Å². The minimum Gasteiger partial charge on any atom is -0.508 e. The SMILES string of the molecule is CCOc1ncc(Cl)cc1C(=O)N1CCC(c2ccc(NC(=O)C3(c4ccc(O)cc4)CC3)cc2)CC1. The van der Waals surface area contributed by atoms with E-state index in [9.17, 15) is 14.7 Å². The summed E-state index contributed by atoms with van der Waals surface area (Å²) in [6.45, 7) is 3.54. The minimum absolute atomic E-state index is 0.0142. The van der Waals surface area contributed by atoms with Crippen molar-refractivity contribution < 1.29 is 19.4 Å². The van der Waals surface area contributed by atoms with Gasteiger partial charge in [-0.05, 0) is 80.0 Å². The van der Waals surface area contributed by atoms with Gasteiger partial charge in [-0.2, -0.15) is 0 Å². The second-order valence-electron chi connectivity index (χ2n) is 9.71. The second-order valence-corrected chi connectivity index (χ2v) is 10.1. The van der Waals surface area contributed by atoms with Crippen LogP contribution in [-0.4, -0.2) is 46.5 Å². The average molecular weight is 520 g/mol. The molecular formula is C29H30ClN3O4. The van der Waals surface area contributed by atoms with Gasteiger partial charge in [0, 0.05) is 25.0 Å². The molecule has 0 unspecified atom stereocenters. The fraction of sp³-hybridized carbons (Fsp3) is 0.345. The number of nitrogens with zero attached hydrogens (tertiary/aromatic N) is 2. The van der Waals surface area contributed by atoms with Gasteiger partial charge >= 0.3 is 0 Å². The fourth-order valence-electron chi connectivity index (χ4n) is 5.06. The summed E-state index contributed by atoms with van der Waals surface area (Å²) in [5.74, 6) is 0.722. The van der Waals surface area contributed by atoms with Gasteiger partial charge in [-0.15, -0.1) is 0 Å². The summed E-state index contributed by atoms with van der Waals surface area (Å²) in [4.78, 5) is 32.2. The van der Waals surface area contributed by atoms with E-state index in [0.29, 0.717) is 42.1 Å². The number of ether oxygens (including phenoxy) is 1. The number of anilines is 1. The van der Waals surface area contributed by atoms with Gasteiger partial charge in [-0.1, -0.05) is 35.9 Å². The van der Waals surface area contributed by atoms with Crippen LogP contribution < -0.4 is 10.1 Å². The smallest absolute Gasteiger partial charge is 0.259 e. The molecule has 1 saturated carbocycles. The monoisotopic (exact) mass is 519 g/mol. The van der Waals surface area contributed by atoms with Crippen molar-refractivity contribution in [3.63, 3.8) is 0 Å². The first-order chi connectivity index (χ1) is 17.9. The van der Waals surface area contributed by atoms with Crippen molar-refractivity contribution >= 4 is 29.1 Å². The van der Waals surface area contributed by atoms with Gasteiger partial charge < -0.3 is 20.1 Å². The lowest BCUT2D eigenvalue weighted by molar-refractivity contribution is -0.118. The van der Waals surface area contributed by atoms with Gasteiger partial charge in [0.05, 0.1) is 17.0 Å². The molecule has 5 rings (SSSR count). The van der Waals surface area contributed by atoms with E-state index in [0.717, 1.165) is 36.9 Å². The van der Waals surface area contributed by atoms with E-state index < -0.39 is 5.41 Å². The summed E-state index contributed by atoms with van der Waals surface area (Å²) in [6, 6.07) is 16.5. The standard InChI is InChI=1S/C29H30ClN3O4/c1-2-37-26-25(17-22(30)18-31-26)27(35)33-15-11-20(12-16-33)19-3-7-23(8-4-19)32-28(36)29(13-14-29)21-5-9-24(34)10-6-21/h3-10,17-18,20,34H,2,11-16H2,1H3,(H,32,36). The van der Waals surface area contributed by atoms with Crippen molar-refractivity contribution in [1.29, 1.82) is 0 Å². The number of rotatable bonds is 7. The Bertz CT molecular complexity index is 1280. The Kier molecular flexibility index (Phi) is 7.07. The molecule has 1 aromatic heterocycles. The maximum atomic E-state index is 13.1. The zero-order valence-corrected chi connectivity index (χ0v) is 21.5. The molecule has 0 radical (unpaired) electrons. The number of carbonyl (C=O) groups excluding carboxylic acids is 2. The summed E-state index contributed by atoms with van der Waals surface area (Å²) in [6.07, 6.45) is 4.78. The molecule has 1 aliphatic carbocycles. The van der Waals surface area contributed by atoms with Crippen molar-refractivity contribution in [2.75, 3.05) is 25.0 Å². The summed E-state index contributed by atoms with van der Waals surface area (Å²) in [5, 5.41) is 13.0. The van der Waals surface area contributed by atoms with Gasteiger partial charge in [0.2, 0.25) is 11.8 Å². The Morgan fingerprint density at radius 1 is 1.11 bits per heavy atom. The van der Waals surface area contributed by atoms with Gasteiger partial charge in [0.15, 0.2) is 0 Å². The Balaban J connectivity index is 1.19. The van der Waals surface area contributed by atoms with Gasteiger partial charge in [-0.25, -0.2) is 4.98 Å². The largest absolute Gasteiger partial charge is 0.508 e. The van der Waals surface area contributed by atoms with Crippen LogP contribution in [0.25, 0.3) is 0 Å². The number of phenols is 1. The van der Waals surface area contributed by atoms with Gasteiger partial charge in [0.25, 0.3) is 5.91 Å². The van der Waals surface area contributed by atoms with Crippen molar-refractivity contribution in [3.8, 4) is 11.6 Å². The minimum atomic E-state index is -0.508.